The van der Waals surface area contributed by atoms with Crippen LogP contribution in [-0.2, 0) is 9.59 Å². The number of carbonyl (C=O) groups excluding carboxylic acids is 1. The van der Waals surface area contributed by atoms with Gasteiger partial charge >= 0.3 is 11.5 Å². The van der Waals surface area contributed by atoms with Crippen molar-refractivity contribution in [3.8, 4) is 0 Å². The van der Waals surface area contributed by atoms with Gasteiger partial charge in [0.25, 0.3) is 0 Å². The second kappa shape index (κ2) is 7.69. The molecule has 0 fully saturated rings. The molecule has 116 valence electrons. The van der Waals surface area contributed by atoms with Gasteiger partial charge in [0.2, 0.25) is 5.91 Å². The van der Waals surface area contributed by atoms with Crippen molar-refractivity contribution in [3.05, 3.63) is 34.3 Å². The minimum absolute atomic E-state index is 0.413. The molecule has 1 amide bonds. The number of carboxylic acids is 1. The van der Waals surface area contributed by atoms with Gasteiger partial charge in [0.15, 0.2) is 0 Å². The summed E-state index contributed by atoms with van der Waals surface area (Å²) < 4.78 is 36.8. The second-order valence-electron chi connectivity index (χ2n) is 4.00. The molecule has 0 aliphatic heterocycles. The molecule has 1 unspecified atom stereocenters. The smallest absolute Gasteiger partial charge is 0.442 e. The van der Waals surface area contributed by atoms with Crippen LogP contribution in [-0.4, -0.2) is 28.2 Å². The average molecular weight is 386 g/mol. The molecule has 0 bridgehead atoms. The topological polar surface area (TPSA) is 66.4 Å². The highest BCUT2D eigenvalue weighted by Gasteiger charge is 2.30. The van der Waals surface area contributed by atoms with Crippen molar-refractivity contribution in [2.24, 2.45) is 0 Å². The van der Waals surface area contributed by atoms with Gasteiger partial charge in [0, 0.05) is 4.47 Å². The molecule has 2 N–H and O–H groups in total. The molecule has 0 aliphatic carbocycles. The maximum Gasteiger partial charge on any atom is 0.442 e. The Morgan fingerprint density at radius 2 is 1.86 bits per heavy atom. The van der Waals surface area contributed by atoms with Gasteiger partial charge in [-0.1, -0.05) is 28.1 Å². The summed E-state index contributed by atoms with van der Waals surface area (Å²) in [5.74, 6) is -2.84. The van der Waals surface area contributed by atoms with Gasteiger partial charge in [-0.25, -0.2) is 0 Å². The summed E-state index contributed by atoms with van der Waals surface area (Å²) in [7, 11) is 0. The molecule has 1 aromatic rings. The third kappa shape index (κ3) is 7.37. The first-order valence-electron chi connectivity index (χ1n) is 5.64. The lowest BCUT2D eigenvalue weighted by Gasteiger charge is -2.17. The van der Waals surface area contributed by atoms with Crippen LogP contribution >= 0.6 is 27.7 Å². The SMILES string of the molecule is O=C(O)CC(NC(=O)CSC(F)(F)F)c1ccc(Br)cc1. The third-order valence-electron chi connectivity index (χ3n) is 2.35. The summed E-state index contributed by atoms with van der Waals surface area (Å²) in [6.45, 7) is 0. The van der Waals surface area contributed by atoms with Crippen LogP contribution < -0.4 is 5.32 Å². The Morgan fingerprint density at radius 3 is 2.33 bits per heavy atom. The zero-order chi connectivity index (χ0) is 16.0. The van der Waals surface area contributed by atoms with Crippen LogP contribution in [0.3, 0.4) is 0 Å². The molecular formula is C12H11BrF3NO3S. The molecule has 9 heteroatoms. The van der Waals surface area contributed by atoms with Gasteiger partial charge in [-0.15, -0.1) is 0 Å². The lowest BCUT2D eigenvalue weighted by atomic mass is 10.0. The lowest BCUT2D eigenvalue weighted by molar-refractivity contribution is -0.137. The molecule has 0 radical (unpaired) electrons. The first kappa shape index (κ1) is 17.8. The maximum atomic E-state index is 12.0. The highest BCUT2D eigenvalue weighted by molar-refractivity contribution is 9.10. The second-order valence-corrected chi connectivity index (χ2v) is 5.96. The number of thioether (sulfide) groups is 1. The Morgan fingerprint density at radius 1 is 1.29 bits per heavy atom. The Labute approximate surface area is 131 Å². The summed E-state index contributed by atoms with van der Waals surface area (Å²) >= 11 is 2.74. The van der Waals surface area contributed by atoms with Crippen LogP contribution in [0.1, 0.15) is 18.0 Å². The molecular weight excluding hydrogens is 375 g/mol. The fourth-order valence-electron chi connectivity index (χ4n) is 1.51. The van der Waals surface area contributed by atoms with E-state index in [1.165, 1.54) is 0 Å². The maximum absolute atomic E-state index is 12.0. The molecule has 0 aromatic heterocycles. The first-order chi connectivity index (χ1) is 9.67. The number of nitrogens with one attached hydrogen (secondary N) is 1. The molecule has 1 aromatic carbocycles. The van der Waals surface area contributed by atoms with E-state index in [1.807, 2.05) is 0 Å². The number of rotatable bonds is 6. The summed E-state index contributed by atoms with van der Waals surface area (Å²) in [6, 6.07) is 5.61. The van der Waals surface area contributed by atoms with Crippen molar-refractivity contribution in [1.82, 2.24) is 5.32 Å². The van der Waals surface area contributed by atoms with Crippen LogP contribution in [0.2, 0.25) is 0 Å². The van der Waals surface area contributed by atoms with E-state index in [-0.39, 0.29) is 0 Å². The molecule has 1 rings (SSSR count). The molecule has 0 aliphatic rings. The monoisotopic (exact) mass is 385 g/mol. The Bertz CT molecular complexity index is 507. The number of halogens is 4. The van der Waals surface area contributed by atoms with Crippen molar-refractivity contribution in [3.63, 3.8) is 0 Å². The van der Waals surface area contributed by atoms with Gasteiger partial charge in [0.05, 0.1) is 18.2 Å². The Hall–Kier alpha value is -1.22. The molecule has 1 atom stereocenters. The largest absolute Gasteiger partial charge is 0.481 e. The van der Waals surface area contributed by atoms with Gasteiger partial charge in [0.1, 0.15) is 0 Å². The fourth-order valence-corrected chi connectivity index (χ4v) is 2.15. The van der Waals surface area contributed by atoms with E-state index in [2.05, 4.69) is 21.2 Å². The molecule has 21 heavy (non-hydrogen) atoms. The standard InChI is InChI=1S/C12H11BrF3NO3S/c13-8-3-1-7(2-4-8)9(5-11(19)20)17-10(18)6-21-12(14,15)16/h1-4,9H,5-6H2,(H,17,18)(H,19,20). The zero-order valence-corrected chi connectivity index (χ0v) is 12.9. The van der Waals surface area contributed by atoms with E-state index in [1.54, 1.807) is 24.3 Å². The molecule has 0 spiro atoms. The summed E-state index contributed by atoms with van der Waals surface area (Å²) in [5.41, 5.74) is -4.00. The summed E-state index contributed by atoms with van der Waals surface area (Å²) in [4.78, 5) is 22.3. The van der Waals surface area contributed by atoms with E-state index in [0.717, 1.165) is 4.47 Å². The van der Waals surface area contributed by atoms with Crippen molar-refractivity contribution < 1.29 is 27.9 Å². The van der Waals surface area contributed by atoms with E-state index in [0.29, 0.717) is 5.56 Å². The Balaban J connectivity index is 2.72. The van der Waals surface area contributed by atoms with E-state index in [4.69, 9.17) is 5.11 Å². The van der Waals surface area contributed by atoms with E-state index >= 15 is 0 Å². The molecule has 0 saturated heterocycles. The van der Waals surface area contributed by atoms with Crippen molar-refractivity contribution >= 4 is 39.6 Å². The summed E-state index contributed by atoms with van der Waals surface area (Å²) in [5, 5.41) is 11.1. The predicted molar refractivity (Wildman–Crippen MR) is 75.8 cm³/mol. The highest BCUT2D eigenvalue weighted by Crippen LogP contribution is 2.30. The summed E-state index contributed by atoms with van der Waals surface area (Å²) in [6.07, 6.45) is -0.413. The minimum Gasteiger partial charge on any atom is -0.481 e. The average Bonchev–Trinajstić information content (AvgIpc) is 2.35. The van der Waals surface area contributed by atoms with Crippen molar-refractivity contribution in [2.75, 3.05) is 5.75 Å². The number of aliphatic carboxylic acids is 1. The number of alkyl halides is 3. The van der Waals surface area contributed by atoms with Crippen LogP contribution in [0.25, 0.3) is 0 Å². The van der Waals surface area contributed by atoms with Gasteiger partial charge in [-0.2, -0.15) is 13.2 Å². The zero-order valence-electron chi connectivity index (χ0n) is 10.5. The number of carbonyl (C=O) groups is 2. The van der Waals surface area contributed by atoms with Crippen LogP contribution in [0.5, 0.6) is 0 Å². The van der Waals surface area contributed by atoms with E-state index in [9.17, 15) is 22.8 Å². The van der Waals surface area contributed by atoms with Gasteiger partial charge in [-0.05, 0) is 29.5 Å². The number of amides is 1. The normalized spacial score (nSPS) is 12.8. The predicted octanol–water partition coefficient (Wildman–Crippen LogP) is 3.33. The fraction of sp³-hybridized carbons (Fsp3) is 0.333. The first-order valence-corrected chi connectivity index (χ1v) is 7.42. The van der Waals surface area contributed by atoms with E-state index < -0.39 is 47.4 Å². The van der Waals surface area contributed by atoms with Crippen LogP contribution in [0.15, 0.2) is 28.7 Å². The molecule has 4 nitrogen and oxygen atoms in total. The molecule has 0 heterocycles. The quantitative estimate of drug-likeness (QED) is 0.787. The van der Waals surface area contributed by atoms with Crippen molar-refractivity contribution in [2.45, 2.75) is 18.0 Å². The number of hydrogen-bond donors (Lipinski definition) is 2. The Kier molecular flexibility index (Phi) is 6.53. The number of carboxylic acid groups (broad SMARTS) is 1. The minimum atomic E-state index is -4.50. The molecule has 0 saturated carbocycles. The van der Waals surface area contributed by atoms with Crippen LogP contribution in [0, 0.1) is 0 Å². The van der Waals surface area contributed by atoms with Gasteiger partial charge < -0.3 is 10.4 Å². The number of benzene rings is 1. The highest BCUT2D eigenvalue weighted by atomic mass is 79.9. The van der Waals surface area contributed by atoms with Gasteiger partial charge in [-0.3, -0.25) is 9.59 Å². The van der Waals surface area contributed by atoms with Crippen molar-refractivity contribution in [1.29, 1.82) is 0 Å². The lowest BCUT2D eigenvalue weighted by Crippen LogP contribution is -2.32. The van der Waals surface area contributed by atoms with Crippen LogP contribution in [0.4, 0.5) is 13.2 Å². The number of hydrogen-bond acceptors (Lipinski definition) is 3. The third-order valence-corrected chi connectivity index (χ3v) is 3.62.